The molecule has 1 N–H and O–H groups in total. The first-order valence-electron chi connectivity index (χ1n) is 6.53. The number of aromatic nitrogens is 2. The monoisotopic (exact) mass is 242 g/mol. The van der Waals surface area contributed by atoms with Gasteiger partial charge in [-0.15, -0.1) is 0 Å². The van der Waals surface area contributed by atoms with Crippen molar-refractivity contribution in [2.75, 3.05) is 6.61 Å². The largest absolute Gasteiger partial charge is 0.396 e. The SMILES string of the molecule is Cn1c(-c2ccc3c(c2)CCC3)cnc1CCO. The van der Waals surface area contributed by atoms with Crippen molar-refractivity contribution in [3.05, 3.63) is 41.3 Å². The lowest BCUT2D eigenvalue weighted by molar-refractivity contribution is 0.295. The summed E-state index contributed by atoms with van der Waals surface area (Å²) in [5.74, 6) is 0.938. The molecule has 3 nitrogen and oxygen atoms in total. The highest BCUT2D eigenvalue weighted by Gasteiger charge is 2.13. The lowest BCUT2D eigenvalue weighted by atomic mass is 10.0. The van der Waals surface area contributed by atoms with E-state index >= 15 is 0 Å². The summed E-state index contributed by atoms with van der Waals surface area (Å²) in [4.78, 5) is 4.38. The number of hydrogen-bond acceptors (Lipinski definition) is 2. The minimum absolute atomic E-state index is 0.147. The van der Waals surface area contributed by atoms with Crippen LogP contribution in [-0.4, -0.2) is 21.3 Å². The van der Waals surface area contributed by atoms with Crippen LogP contribution in [-0.2, 0) is 26.3 Å². The number of rotatable bonds is 3. The summed E-state index contributed by atoms with van der Waals surface area (Å²) in [6, 6.07) is 6.72. The van der Waals surface area contributed by atoms with Crippen LogP contribution in [0.25, 0.3) is 11.3 Å². The first-order valence-corrected chi connectivity index (χ1v) is 6.53. The molecule has 0 atom stereocenters. The van der Waals surface area contributed by atoms with E-state index in [4.69, 9.17) is 5.11 Å². The fraction of sp³-hybridized carbons (Fsp3) is 0.400. The van der Waals surface area contributed by atoms with Gasteiger partial charge in [0.2, 0.25) is 0 Å². The van der Waals surface area contributed by atoms with E-state index in [9.17, 15) is 0 Å². The highest BCUT2D eigenvalue weighted by Crippen LogP contribution is 2.28. The molecule has 3 heteroatoms. The van der Waals surface area contributed by atoms with E-state index < -0.39 is 0 Å². The van der Waals surface area contributed by atoms with Gasteiger partial charge in [-0.1, -0.05) is 12.1 Å². The molecule has 0 bridgehead atoms. The highest BCUT2D eigenvalue weighted by molar-refractivity contribution is 5.62. The maximum absolute atomic E-state index is 9.00. The zero-order valence-corrected chi connectivity index (χ0v) is 10.7. The molecule has 0 radical (unpaired) electrons. The van der Waals surface area contributed by atoms with Crippen molar-refractivity contribution in [1.29, 1.82) is 0 Å². The Morgan fingerprint density at radius 3 is 2.94 bits per heavy atom. The van der Waals surface area contributed by atoms with Gasteiger partial charge in [0.25, 0.3) is 0 Å². The van der Waals surface area contributed by atoms with Crippen molar-refractivity contribution in [1.82, 2.24) is 9.55 Å². The van der Waals surface area contributed by atoms with Gasteiger partial charge in [-0.05, 0) is 36.5 Å². The van der Waals surface area contributed by atoms with Crippen LogP contribution in [0.1, 0.15) is 23.4 Å². The van der Waals surface area contributed by atoms with Gasteiger partial charge in [0.05, 0.1) is 18.5 Å². The van der Waals surface area contributed by atoms with E-state index in [2.05, 4.69) is 27.8 Å². The fourth-order valence-corrected chi connectivity index (χ4v) is 2.78. The first-order chi connectivity index (χ1) is 8.79. The van der Waals surface area contributed by atoms with Crippen LogP contribution in [0.5, 0.6) is 0 Å². The molecule has 0 fully saturated rings. The van der Waals surface area contributed by atoms with Crippen molar-refractivity contribution >= 4 is 0 Å². The summed E-state index contributed by atoms with van der Waals surface area (Å²) in [5.41, 5.74) is 5.34. The van der Waals surface area contributed by atoms with Gasteiger partial charge in [-0.2, -0.15) is 0 Å². The summed E-state index contributed by atoms with van der Waals surface area (Å²) in [6.45, 7) is 0.147. The van der Waals surface area contributed by atoms with Crippen LogP contribution in [0.15, 0.2) is 24.4 Å². The Balaban J connectivity index is 1.99. The first kappa shape index (κ1) is 11.5. The maximum Gasteiger partial charge on any atom is 0.111 e. The molecule has 0 saturated heterocycles. The molecule has 94 valence electrons. The van der Waals surface area contributed by atoms with Crippen molar-refractivity contribution in [2.45, 2.75) is 25.7 Å². The number of benzene rings is 1. The lowest BCUT2D eigenvalue weighted by Crippen LogP contribution is -2.02. The number of nitrogens with zero attached hydrogens (tertiary/aromatic N) is 2. The molecule has 18 heavy (non-hydrogen) atoms. The highest BCUT2D eigenvalue weighted by atomic mass is 16.3. The number of aryl methyl sites for hydroxylation is 2. The summed E-state index contributed by atoms with van der Waals surface area (Å²) < 4.78 is 2.08. The number of hydrogen-bond donors (Lipinski definition) is 1. The number of aliphatic hydroxyl groups excluding tert-OH is 1. The second-order valence-electron chi connectivity index (χ2n) is 4.93. The minimum Gasteiger partial charge on any atom is -0.396 e. The molecule has 1 heterocycles. The Hall–Kier alpha value is -1.61. The second kappa shape index (κ2) is 4.58. The predicted molar refractivity (Wildman–Crippen MR) is 71.5 cm³/mol. The van der Waals surface area contributed by atoms with Gasteiger partial charge in [0.1, 0.15) is 5.82 Å². The Labute approximate surface area is 107 Å². The third-order valence-electron chi connectivity index (χ3n) is 3.81. The molecule has 0 unspecified atom stereocenters. The molecule has 3 rings (SSSR count). The Kier molecular flexibility index (Phi) is 2.92. The zero-order chi connectivity index (χ0) is 12.5. The van der Waals surface area contributed by atoms with Gasteiger partial charge in [0, 0.05) is 19.0 Å². The van der Waals surface area contributed by atoms with Gasteiger partial charge in [-0.25, -0.2) is 4.98 Å². The van der Waals surface area contributed by atoms with E-state index in [0.717, 1.165) is 11.5 Å². The summed E-state index contributed by atoms with van der Waals surface area (Å²) in [5, 5.41) is 9.00. The lowest BCUT2D eigenvalue weighted by Gasteiger charge is -2.07. The maximum atomic E-state index is 9.00. The van der Waals surface area contributed by atoms with Crippen LogP contribution < -0.4 is 0 Å². The van der Waals surface area contributed by atoms with Crippen molar-refractivity contribution in [3.8, 4) is 11.3 Å². The molecular formula is C15H18N2O. The number of imidazole rings is 1. The van der Waals surface area contributed by atoms with Crippen molar-refractivity contribution < 1.29 is 5.11 Å². The van der Waals surface area contributed by atoms with Crippen LogP contribution in [0.4, 0.5) is 0 Å². The number of aliphatic hydroxyl groups is 1. The van der Waals surface area contributed by atoms with E-state index in [0.29, 0.717) is 6.42 Å². The predicted octanol–water partition coefficient (Wildman–Crippen LogP) is 2.11. The molecule has 2 aromatic rings. The van der Waals surface area contributed by atoms with Crippen molar-refractivity contribution in [3.63, 3.8) is 0 Å². The third-order valence-corrected chi connectivity index (χ3v) is 3.81. The van der Waals surface area contributed by atoms with Crippen LogP contribution >= 0.6 is 0 Å². The van der Waals surface area contributed by atoms with E-state index in [1.54, 1.807) is 0 Å². The van der Waals surface area contributed by atoms with Crippen LogP contribution in [0.3, 0.4) is 0 Å². The van der Waals surface area contributed by atoms with E-state index in [-0.39, 0.29) is 6.61 Å². The molecule has 1 aromatic carbocycles. The Bertz CT molecular complexity index is 572. The summed E-state index contributed by atoms with van der Waals surface area (Å²) in [7, 11) is 2.01. The summed E-state index contributed by atoms with van der Waals surface area (Å²) >= 11 is 0. The third kappa shape index (κ3) is 1.85. The second-order valence-corrected chi connectivity index (χ2v) is 4.93. The Morgan fingerprint density at radius 2 is 2.11 bits per heavy atom. The van der Waals surface area contributed by atoms with Crippen LogP contribution in [0.2, 0.25) is 0 Å². The smallest absolute Gasteiger partial charge is 0.111 e. The van der Waals surface area contributed by atoms with Crippen molar-refractivity contribution in [2.24, 2.45) is 7.05 Å². The van der Waals surface area contributed by atoms with Gasteiger partial charge in [0.15, 0.2) is 0 Å². The average molecular weight is 242 g/mol. The molecule has 1 aliphatic rings. The quantitative estimate of drug-likeness (QED) is 0.895. The van der Waals surface area contributed by atoms with E-state index in [1.807, 2.05) is 13.2 Å². The molecule has 1 aromatic heterocycles. The standard InChI is InChI=1S/C15H18N2O/c1-17-14(10-16-15(17)7-8-18)13-6-5-11-3-2-4-12(11)9-13/h5-6,9-10,18H,2-4,7-8H2,1H3. The van der Waals surface area contributed by atoms with Crippen LogP contribution in [0, 0.1) is 0 Å². The zero-order valence-electron chi connectivity index (χ0n) is 10.7. The normalized spacial score (nSPS) is 13.9. The fourth-order valence-electron chi connectivity index (χ4n) is 2.78. The van der Waals surface area contributed by atoms with E-state index in [1.165, 1.54) is 36.0 Å². The van der Waals surface area contributed by atoms with Gasteiger partial charge in [-0.3, -0.25) is 0 Å². The molecular weight excluding hydrogens is 224 g/mol. The van der Waals surface area contributed by atoms with Gasteiger partial charge >= 0.3 is 0 Å². The minimum atomic E-state index is 0.147. The molecule has 0 saturated carbocycles. The number of fused-ring (bicyclic) bond motifs is 1. The van der Waals surface area contributed by atoms with Gasteiger partial charge < -0.3 is 9.67 Å². The molecule has 0 spiro atoms. The topological polar surface area (TPSA) is 38.0 Å². The molecule has 0 amide bonds. The summed E-state index contributed by atoms with van der Waals surface area (Å²) in [6.07, 6.45) is 6.21. The molecule has 1 aliphatic carbocycles. The average Bonchev–Trinajstić information content (AvgIpc) is 2.97. The molecule has 0 aliphatic heterocycles. The Morgan fingerprint density at radius 1 is 1.28 bits per heavy atom.